The fourth-order valence-electron chi connectivity index (χ4n) is 1.94. The predicted molar refractivity (Wildman–Crippen MR) is 53.8 cm³/mol. The van der Waals surface area contributed by atoms with E-state index in [1.165, 1.54) is 0 Å². The minimum atomic E-state index is 0.161. The van der Waals surface area contributed by atoms with Crippen LogP contribution in [0.2, 0.25) is 0 Å². The summed E-state index contributed by atoms with van der Waals surface area (Å²) in [7, 11) is 2.13. The summed E-state index contributed by atoms with van der Waals surface area (Å²) in [4.78, 5) is 15.9. The maximum atomic E-state index is 11.3. The first-order valence-corrected chi connectivity index (χ1v) is 5.08. The zero-order valence-electron chi connectivity index (χ0n) is 8.92. The molecule has 1 rings (SSSR count). The molecule has 3 heteroatoms. The van der Waals surface area contributed by atoms with Gasteiger partial charge in [-0.05, 0) is 20.4 Å². The van der Waals surface area contributed by atoms with Crippen molar-refractivity contribution in [1.82, 2.24) is 9.80 Å². The first-order valence-electron chi connectivity index (χ1n) is 5.08. The maximum Gasteiger partial charge on any atom is 0.146 e. The number of ketones is 1. The van der Waals surface area contributed by atoms with Crippen molar-refractivity contribution in [3.63, 3.8) is 0 Å². The molecule has 1 aliphatic heterocycles. The Morgan fingerprint density at radius 2 is 1.85 bits per heavy atom. The van der Waals surface area contributed by atoms with Gasteiger partial charge in [-0.15, -0.1) is 0 Å². The maximum absolute atomic E-state index is 11.3. The van der Waals surface area contributed by atoms with E-state index >= 15 is 0 Å². The lowest BCUT2D eigenvalue weighted by molar-refractivity contribution is -0.122. The molecule has 1 aliphatic rings. The number of carbonyl (C=O) groups excluding carboxylic acids is 1. The van der Waals surface area contributed by atoms with E-state index in [0.717, 1.165) is 32.6 Å². The highest BCUT2D eigenvalue weighted by atomic mass is 16.1. The van der Waals surface area contributed by atoms with Crippen LogP contribution in [-0.2, 0) is 4.79 Å². The molecule has 1 unspecified atom stereocenters. The van der Waals surface area contributed by atoms with E-state index in [1.54, 1.807) is 6.92 Å². The summed E-state index contributed by atoms with van der Waals surface area (Å²) < 4.78 is 0. The van der Waals surface area contributed by atoms with Gasteiger partial charge < -0.3 is 4.90 Å². The first-order chi connectivity index (χ1) is 6.15. The molecule has 1 atom stereocenters. The van der Waals surface area contributed by atoms with Gasteiger partial charge in [-0.1, -0.05) is 6.92 Å². The van der Waals surface area contributed by atoms with Crippen molar-refractivity contribution in [2.24, 2.45) is 0 Å². The van der Waals surface area contributed by atoms with Crippen molar-refractivity contribution in [2.75, 3.05) is 33.2 Å². The van der Waals surface area contributed by atoms with Gasteiger partial charge in [0.15, 0.2) is 0 Å². The second-order valence-electron chi connectivity index (χ2n) is 3.87. The lowest BCUT2D eigenvalue weighted by Crippen LogP contribution is -2.50. The summed E-state index contributed by atoms with van der Waals surface area (Å²) in [6.07, 6.45) is 0.943. The van der Waals surface area contributed by atoms with E-state index in [2.05, 4.69) is 23.8 Å². The van der Waals surface area contributed by atoms with Gasteiger partial charge >= 0.3 is 0 Å². The van der Waals surface area contributed by atoms with Gasteiger partial charge in [0.2, 0.25) is 0 Å². The van der Waals surface area contributed by atoms with E-state index in [4.69, 9.17) is 0 Å². The van der Waals surface area contributed by atoms with Crippen LogP contribution in [-0.4, -0.2) is 54.9 Å². The van der Waals surface area contributed by atoms with Crippen molar-refractivity contribution >= 4 is 5.78 Å². The van der Waals surface area contributed by atoms with Crippen LogP contribution in [0.25, 0.3) is 0 Å². The number of hydrogen-bond acceptors (Lipinski definition) is 3. The largest absolute Gasteiger partial charge is 0.304 e. The second kappa shape index (κ2) is 4.72. The zero-order valence-corrected chi connectivity index (χ0v) is 8.92. The van der Waals surface area contributed by atoms with Crippen molar-refractivity contribution in [1.29, 1.82) is 0 Å². The van der Waals surface area contributed by atoms with Crippen LogP contribution in [0.3, 0.4) is 0 Å². The minimum Gasteiger partial charge on any atom is -0.304 e. The van der Waals surface area contributed by atoms with Crippen molar-refractivity contribution < 1.29 is 4.79 Å². The highest BCUT2D eigenvalue weighted by Gasteiger charge is 2.23. The number of hydrogen-bond donors (Lipinski definition) is 0. The highest BCUT2D eigenvalue weighted by molar-refractivity contribution is 5.81. The molecule has 0 aromatic heterocycles. The molecule has 0 bridgehead atoms. The smallest absolute Gasteiger partial charge is 0.146 e. The molecule has 0 spiro atoms. The lowest BCUT2D eigenvalue weighted by atomic mass is 10.1. The quantitative estimate of drug-likeness (QED) is 0.642. The normalized spacial score (nSPS) is 23.0. The molecular formula is C10H20N2O. The molecule has 1 saturated heterocycles. The monoisotopic (exact) mass is 184 g/mol. The Kier molecular flexibility index (Phi) is 3.88. The number of rotatable bonds is 3. The van der Waals surface area contributed by atoms with E-state index in [9.17, 15) is 4.79 Å². The first kappa shape index (κ1) is 10.7. The topological polar surface area (TPSA) is 23.6 Å². The Hall–Kier alpha value is -0.410. The van der Waals surface area contributed by atoms with E-state index in [0.29, 0.717) is 5.78 Å². The Morgan fingerprint density at radius 3 is 2.23 bits per heavy atom. The third kappa shape index (κ3) is 2.78. The van der Waals surface area contributed by atoms with Crippen molar-refractivity contribution in [3.05, 3.63) is 0 Å². The summed E-state index contributed by atoms with van der Waals surface area (Å²) in [5.41, 5.74) is 0. The predicted octanol–water partition coefficient (Wildman–Crippen LogP) is 0.601. The standard InChI is InChI=1S/C10H20N2O/c1-4-10(9(2)13)12-7-5-11(3)6-8-12/h10H,4-8H2,1-3H3. The van der Waals surface area contributed by atoms with E-state index < -0.39 is 0 Å². The van der Waals surface area contributed by atoms with Gasteiger partial charge in [-0.3, -0.25) is 9.69 Å². The van der Waals surface area contributed by atoms with Gasteiger partial charge in [-0.25, -0.2) is 0 Å². The number of piperazine rings is 1. The molecule has 1 fully saturated rings. The van der Waals surface area contributed by atoms with Crippen LogP contribution in [0, 0.1) is 0 Å². The number of carbonyl (C=O) groups is 1. The molecule has 0 radical (unpaired) electrons. The highest BCUT2D eigenvalue weighted by Crippen LogP contribution is 2.08. The molecule has 0 amide bonds. The van der Waals surface area contributed by atoms with Crippen LogP contribution in [0.15, 0.2) is 0 Å². The molecule has 0 aliphatic carbocycles. The van der Waals surface area contributed by atoms with Gasteiger partial charge in [0.25, 0.3) is 0 Å². The molecular weight excluding hydrogens is 164 g/mol. The summed E-state index contributed by atoms with van der Waals surface area (Å²) >= 11 is 0. The van der Waals surface area contributed by atoms with Crippen LogP contribution in [0.1, 0.15) is 20.3 Å². The van der Waals surface area contributed by atoms with E-state index in [1.807, 2.05) is 0 Å². The van der Waals surface area contributed by atoms with Gasteiger partial charge in [-0.2, -0.15) is 0 Å². The van der Waals surface area contributed by atoms with Gasteiger partial charge in [0, 0.05) is 26.2 Å². The third-order valence-corrected chi connectivity index (χ3v) is 2.83. The summed E-state index contributed by atoms with van der Waals surface area (Å²) in [5, 5.41) is 0. The SMILES string of the molecule is CCC(C(C)=O)N1CCN(C)CC1. The fourth-order valence-corrected chi connectivity index (χ4v) is 1.94. The molecule has 13 heavy (non-hydrogen) atoms. The van der Waals surface area contributed by atoms with Crippen LogP contribution in [0.5, 0.6) is 0 Å². The molecule has 0 N–H and O–H groups in total. The minimum absolute atomic E-state index is 0.161. The fraction of sp³-hybridized carbons (Fsp3) is 0.900. The average Bonchev–Trinajstić information content (AvgIpc) is 2.09. The molecule has 3 nitrogen and oxygen atoms in total. The van der Waals surface area contributed by atoms with Gasteiger partial charge in [0.05, 0.1) is 6.04 Å². The molecule has 76 valence electrons. The average molecular weight is 184 g/mol. The molecule has 0 aromatic rings. The molecule has 0 aromatic carbocycles. The number of likely N-dealkylation sites (N-methyl/N-ethyl adjacent to an activating group) is 1. The second-order valence-corrected chi connectivity index (χ2v) is 3.87. The Balaban J connectivity index is 2.46. The number of Topliss-reactive ketones (excluding diaryl/α,β-unsaturated/α-hetero) is 1. The van der Waals surface area contributed by atoms with Crippen LogP contribution < -0.4 is 0 Å². The summed E-state index contributed by atoms with van der Waals surface area (Å²) in [5.74, 6) is 0.312. The van der Waals surface area contributed by atoms with Crippen molar-refractivity contribution in [2.45, 2.75) is 26.3 Å². The lowest BCUT2D eigenvalue weighted by Gasteiger charge is -2.36. The van der Waals surface area contributed by atoms with Crippen LogP contribution >= 0.6 is 0 Å². The Morgan fingerprint density at radius 1 is 1.31 bits per heavy atom. The molecule has 1 heterocycles. The van der Waals surface area contributed by atoms with Crippen LogP contribution in [0.4, 0.5) is 0 Å². The van der Waals surface area contributed by atoms with E-state index in [-0.39, 0.29) is 6.04 Å². The number of nitrogens with zero attached hydrogens (tertiary/aromatic N) is 2. The summed E-state index contributed by atoms with van der Waals surface area (Å²) in [6.45, 7) is 8.04. The van der Waals surface area contributed by atoms with Crippen molar-refractivity contribution in [3.8, 4) is 0 Å². The zero-order chi connectivity index (χ0) is 9.84. The summed E-state index contributed by atoms with van der Waals surface area (Å²) in [6, 6.07) is 0.161. The Labute approximate surface area is 80.7 Å². The van der Waals surface area contributed by atoms with Gasteiger partial charge in [0.1, 0.15) is 5.78 Å². The third-order valence-electron chi connectivity index (χ3n) is 2.83. The Bertz CT molecular complexity index is 174. The molecule has 0 saturated carbocycles.